The van der Waals surface area contributed by atoms with Crippen molar-refractivity contribution in [2.45, 2.75) is 84.2 Å². The van der Waals surface area contributed by atoms with Gasteiger partial charge in [0.2, 0.25) is 0 Å². The Bertz CT molecular complexity index is 1670. The molecule has 1 atom stereocenters. The van der Waals surface area contributed by atoms with E-state index in [1.54, 1.807) is 7.11 Å². The number of nitrogens with one attached hydrogen (secondary N) is 2. The van der Waals surface area contributed by atoms with Crippen LogP contribution in [0.1, 0.15) is 61.7 Å². The number of fused-ring (bicyclic) bond motifs is 4. The quantitative estimate of drug-likeness (QED) is 0.165. The van der Waals surface area contributed by atoms with E-state index in [1.807, 2.05) is 38.2 Å². The molecule has 8 heteroatoms. The zero-order chi connectivity index (χ0) is 31.8. The van der Waals surface area contributed by atoms with E-state index in [-0.39, 0.29) is 23.1 Å². The van der Waals surface area contributed by atoms with Gasteiger partial charge in [-0.05, 0) is 125 Å². The van der Waals surface area contributed by atoms with Crippen LogP contribution in [0.15, 0.2) is 59.2 Å². The molecular weight excluding hydrogens is 632 g/mol. The topological polar surface area (TPSA) is 72.6 Å². The number of hydrogen-bond donors (Lipinski definition) is 2. The third kappa shape index (κ3) is 6.77. The molecule has 0 fully saturated rings. The fraction of sp³-hybridized carbons (Fsp3) is 0.417. The van der Waals surface area contributed by atoms with E-state index in [4.69, 9.17) is 13.9 Å². The molecule has 1 aliphatic carbocycles. The number of methoxy groups -OCH3 is 1. The number of aryl methyl sites for hydroxylation is 2. The van der Waals surface area contributed by atoms with Crippen molar-refractivity contribution in [2.24, 2.45) is 0 Å². The monoisotopic (exact) mass is 676 g/mol. The van der Waals surface area contributed by atoms with Gasteiger partial charge in [0.25, 0.3) is 5.91 Å². The largest absolute Gasteiger partial charge is 0.496 e. The number of hydrogen-bond acceptors (Lipinski definition) is 4. The van der Waals surface area contributed by atoms with Crippen molar-refractivity contribution in [1.29, 1.82) is 0 Å². The Morgan fingerprint density at radius 3 is 2.34 bits per heavy atom. The predicted octanol–water partition coefficient (Wildman–Crippen LogP) is 8.85. The van der Waals surface area contributed by atoms with E-state index < -0.39 is 8.32 Å². The van der Waals surface area contributed by atoms with Gasteiger partial charge >= 0.3 is 0 Å². The zero-order valence-electron chi connectivity index (χ0n) is 27.2. The molecule has 0 spiro atoms. The molecule has 4 aromatic rings. The van der Waals surface area contributed by atoms with Crippen LogP contribution in [-0.4, -0.2) is 45.1 Å². The van der Waals surface area contributed by atoms with Crippen LogP contribution >= 0.6 is 15.9 Å². The van der Waals surface area contributed by atoms with Crippen LogP contribution in [-0.2, 0) is 23.7 Å². The summed E-state index contributed by atoms with van der Waals surface area (Å²) >= 11 is 3.66. The van der Waals surface area contributed by atoms with Crippen LogP contribution in [0, 0.1) is 0 Å². The second kappa shape index (κ2) is 12.7. The maximum absolute atomic E-state index is 14.3. The molecule has 1 aliphatic rings. The lowest BCUT2D eigenvalue weighted by Crippen LogP contribution is -2.47. The highest BCUT2D eigenvalue weighted by Crippen LogP contribution is 2.42. The molecule has 0 saturated heterocycles. The van der Waals surface area contributed by atoms with E-state index in [0.29, 0.717) is 24.3 Å². The number of aromatic amines is 1. The third-order valence-electron chi connectivity index (χ3n) is 9.07. The van der Waals surface area contributed by atoms with Gasteiger partial charge in [0.1, 0.15) is 11.5 Å². The molecule has 1 aromatic heterocycles. The molecule has 1 heterocycles. The molecule has 1 amide bonds. The van der Waals surface area contributed by atoms with Gasteiger partial charge in [0.05, 0.1) is 35.9 Å². The SMILES string of the molecule is COc1cc2c(cc1Br)-c1cc(C(=O)N[C@@H](CO[Si](C)(C)C(C)(C)C)Cc3c[nH]c4ccccc34)c(OC(C)C)cc1CC2. The first kappa shape index (κ1) is 32.3. The summed E-state index contributed by atoms with van der Waals surface area (Å²) in [5.74, 6) is 1.27. The number of carbonyl (C=O) groups is 1. The summed E-state index contributed by atoms with van der Waals surface area (Å²) in [5, 5.41) is 4.59. The number of ether oxygens (including phenoxy) is 2. The fourth-order valence-electron chi connectivity index (χ4n) is 5.59. The minimum atomic E-state index is -2.06. The normalized spacial score (nSPS) is 13.9. The van der Waals surface area contributed by atoms with Crippen molar-refractivity contribution in [3.8, 4) is 22.6 Å². The van der Waals surface area contributed by atoms with Crippen molar-refractivity contribution in [3.63, 3.8) is 0 Å². The molecule has 44 heavy (non-hydrogen) atoms. The highest BCUT2D eigenvalue weighted by Gasteiger charge is 2.38. The van der Waals surface area contributed by atoms with Gasteiger partial charge < -0.3 is 24.2 Å². The van der Waals surface area contributed by atoms with E-state index in [2.05, 4.69) is 90.4 Å². The van der Waals surface area contributed by atoms with Gasteiger partial charge in [0.15, 0.2) is 8.32 Å². The van der Waals surface area contributed by atoms with Gasteiger partial charge in [-0.2, -0.15) is 0 Å². The first-order valence-corrected chi connectivity index (χ1v) is 19.2. The number of aromatic nitrogens is 1. The van der Waals surface area contributed by atoms with Crippen molar-refractivity contribution >= 4 is 41.1 Å². The van der Waals surface area contributed by atoms with Gasteiger partial charge in [0, 0.05) is 17.1 Å². The maximum Gasteiger partial charge on any atom is 0.255 e. The smallest absolute Gasteiger partial charge is 0.255 e. The Labute approximate surface area is 271 Å². The predicted molar refractivity (Wildman–Crippen MR) is 186 cm³/mol. The number of benzene rings is 3. The van der Waals surface area contributed by atoms with E-state index in [9.17, 15) is 4.79 Å². The van der Waals surface area contributed by atoms with Crippen LogP contribution in [0.3, 0.4) is 0 Å². The molecule has 0 saturated carbocycles. The summed E-state index contributed by atoms with van der Waals surface area (Å²) in [6, 6.07) is 16.3. The zero-order valence-corrected chi connectivity index (χ0v) is 29.8. The number of halogens is 1. The van der Waals surface area contributed by atoms with Crippen LogP contribution in [0.4, 0.5) is 0 Å². The maximum atomic E-state index is 14.3. The van der Waals surface area contributed by atoms with E-state index in [1.165, 1.54) is 11.1 Å². The van der Waals surface area contributed by atoms with Crippen molar-refractivity contribution < 1.29 is 18.7 Å². The molecule has 0 radical (unpaired) electrons. The second-order valence-corrected chi connectivity index (χ2v) is 19.3. The average molecular weight is 678 g/mol. The van der Waals surface area contributed by atoms with E-state index in [0.717, 1.165) is 50.7 Å². The Morgan fingerprint density at radius 2 is 1.68 bits per heavy atom. The van der Waals surface area contributed by atoms with Gasteiger partial charge in [-0.15, -0.1) is 0 Å². The summed E-state index contributed by atoms with van der Waals surface area (Å²) in [5.41, 5.74) is 7.33. The number of para-hydroxylation sites is 1. The first-order valence-electron chi connectivity index (χ1n) is 15.5. The molecule has 3 aromatic carbocycles. The molecule has 0 unspecified atom stereocenters. The van der Waals surface area contributed by atoms with Crippen LogP contribution < -0.4 is 14.8 Å². The lowest BCUT2D eigenvalue weighted by atomic mass is 9.84. The lowest BCUT2D eigenvalue weighted by molar-refractivity contribution is 0.0913. The Morgan fingerprint density at radius 1 is 1.02 bits per heavy atom. The van der Waals surface area contributed by atoms with Crippen LogP contribution in [0.5, 0.6) is 11.5 Å². The Balaban J connectivity index is 1.51. The summed E-state index contributed by atoms with van der Waals surface area (Å²) in [4.78, 5) is 17.6. The number of carbonyl (C=O) groups excluding carboxylic acids is 1. The Hall–Kier alpha value is -3.07. The molecule has 6 nitrogen and oxygen atoms in total. The molecule has 234 valence electrons. The number of amides is 1. The van der Waals surface area contributed by atoms with Crippen LogP contribution in [0.25, 0.3) is 22.0 Å². The second-order valence-electron chi connectivity index (χ2n) is 13.6. The molecular formula is C36H45BrN2O4Si. The van der Waals surface area contributed by atoms with Crippen molar-refractivity contribution in [1.82, 2.24) is 10.3 Å². The van der Waals surface area contributed by atoms with Gasteiger partial charge in [-0.25, -0.2) is 0 Å². The minimum absolute atomic E-state index is 0.0590. The minimum Gasteiger partial charge on any atom is -0.496 e. The van der Waals surface area contributed by atoms with Crippen molar-refractivity contribution in [2.75, 3.05) is 13.7 Å². The third-order valence-corrected chi connectivity index (χ3v) is 14.2. The summed E-state index contributed by atoms with van der Waals surface area (Å²) < 4.78 is 19.4. The Kier molecular flexibility index (Phi) is 9.36. The van der Waals surface area contributed by atoms with Gasteiger partial charge in [-0.1, -0.05) is 39.0 Å². The molecule has 2 N–H and O–H groups in total. The lowest BCUT2D eigenvalue weighted by Gasteiger charge is -2.37. The van der Waals surface area contributed by atoms with Crippen molar-refractivity contribution in [3.05, 3.63) is 81.5 Å². The highest BCUT2D eigenvalue weighted by molar-refractivity contribution is 9.10. The standard InChI is InChI=1S/C36H45BrN2O4Si/c1-22(2)43-33-16-23-13-14-24-17-34(41-6)31(37)19-29(24)28(23)18-30(33)35(40)39-26(21-42-44(7,8)36(3,4)5)15-25-20-38-32-12-10-9-11-27(25)32/h9-12,16-20,22,26,38H,13-15,21H2,1-8H3,(H,39,40)/t26-/m1/s1. The summed E-state index contributed by atoms with van der Waals surface area (Å²) in [6.07, 6.45) is 4.39. The first-order chi connectivity index (χ1) is 20.8. The number of rotatable bonds is 10. The average Bonchev–Trinajstić information content (AvgIpc) is 3.37. The van der Waals surface area contributed by atoms with E-state index >= 15 is 0 Å². The summed E-state index contributed by atoms with van der Waals surface area (Å²) in [7, 11) is -0.373. The van der Waals surface area contributed by atoms with Crippen LogP contribution in [0.2, 0.25) is 18.1 Å². The summed E-state index contributed by atoms with van der Waals surface area (Å²) in [6.45, 7) is 15.6. The molecule has 5 rings (SSSR count). The molecule has 0 aliphatic heterocycles. The highest BCUT2D eigenvalue weighted by atomic mass is 79.9. The fourth-order valence-corrected chi connectivity index (χ4v) is 7.15. The molecule has 0 bridgehead atoms. The number of H-pyrrole nitrogens is 1. The van der Waals surface area contributed by atoms with Gasteiger partial charge in [-0.3, -0.25) is 4.79 Å².